The molecule has 0 amide bonds. The van der Waals surface area contributed by atoms with Gasteiger partial charge in [-0.15, -0.1) is 0 Å². The SMILES string of the molecule is CCc1ccc(CC(NN)c2ccc(Br)cc2C)cc1. The molecule has 3 heteroatoms. The van der Waals surface area contributed by atoms with E-state index >= 15 is 0 Å². The van der Waals surface area contributed by atoms with Crippen molar-refractivity contribution in [2.75, 3.05) is 0 Å². The first-order valence-electron chi connectivity index (χ1n) is 6.94. The van der Waals surface area contributed by atoms with E-state index < -0.39 is 0 Å². The smallest absolute Gasteiger partial charge is 0.0502 e. The summed E-state index contributed by atoms with van der Waals surface area (Å²) in [6, 6.07) is 15.2. The van der Waals surface area contributed by atoms with Crippen molar-refractivity contribution < 1.29 is 0 Å². The van der Waals surface area contributed by atoms with Crippen LogP contribution in [0.25, 0.3) is 0 Å². The average molecular weight is 333 g/mol. The van der Waals surface area contributed by atoms with Crippen LogP contribution >= 0.6 is 15.9 Å². The first-order chi connectivity index (χ1) is 9.63. The third-order valence-corrected chi connectivity index (χ3v) is 4.17. The van der Waals surface area contributed by atoms with Gasteiger partial charge in [-0.3, -0.25) is 11.3 Å². The van der Waals surface area contributed by atoms with E-state index in [-0.39, 0.29) is 6.04 Å². The quantitative estimate of drug-likeness (QED) is 0.639. The molecule has 0 saturated heterocycles. The molecular formula is C17H21BrN2. The molecule has 2 aromatic carbocycles. The standard InChI is InChI=1S/C17H21BrN2/c1-3-13-4-6-14(7-5-13)11-17(20-19)16-9-8-15(18)10-12(16)2/h4-10,17,20H,3,11,19H2,1-2H3. The highest BCUT2D eigenvalue weighted by Gasteiger charge is 2.13. The lowest BCUT2D eigenvalue weighted by molar-refractivity contribution is 0.549. The molecular weight excluding hydrogens is 312 g/mol. The first-order valence-corrected chi connectivity index (χ1v) is 7.73. The normalized spacial score (nSPS) is 12.4. The lowest BCUT2D eigenvalue weighted by Gasteiger charge is -2.19. The summed E-state index contributed by atoms with van der Waals surface area (Å²) in [5, 5.41) is 0. The summed E-state index contributed by atoms with van der Waals surface area (Å²) in [6.07, 6.45) is 1.97. The van der Waals surface area contributed by atoms with Crippen molar-refractivity contribution in [1.82, 2.24) is 5.43 Å². The van der Waals surface area contributed by atoms with Gasteiger partial charge in [0.1, 0.15) is 0 Å². The first kappa shape index (κ1) is 15.2. The minimum Gasteiger partial charge on any atom is -0.271 e. The van der Waals surface area contributed by atoms with Crippen LogP contribution in [0.5, 0.6) is 0 Å². The molecule has 0 aliphatic rings. The molecule has 0 saturated carbocycles. The Kier molecular flexibility index (Phi) is 5.35. The van der Waals surface area contributed by atoms with E-state index in [9.17, 15) is 0 Å². The Hall–Kier alpha value is -1.16. The van der Waals surface area contributed by atoms with Gasteiger partial charge < -0.3 is 0 Å². The molecule has 0 radical (unpaired) electrons. The zero-order valence-electron chi connectivity index (χ0n) is 12.0. The van der Waals surface area contributed by atoms with Gasteiger partial charge in [-0.05, 0) is 54.2 Å². The Bertz CT molecular complexity index is 564. The molecule has 1 atom stereocenters. The van der Waals surface area contributed by atoms with E-state index in [1.807, 2.05) is 0 Å². The molecule has 3 N–H and O–H groups in total. The molecule has 0 aromatic heterocycles. The molecule has 106 valence electrons. The highest BCUT2D eigenvalue weighted by Crippen LogP contribution is 2.24. The van der Waals surface area contributed by atoms with Crippen molar-refractivity contribution >= 4 is 15.9 Å². The second-order valence-corrected chi connectivity index (χ2v) is 6.01. The maximum atomic E-state index is 5.75. The van der Waals surface area contributed by atoms with Gasteiger partial charge in [0.05, 0.1) is 6.04 Å². The molecule has 0 aliphatic carbocycles. The van der Waals surface area contributed by atoms with Gasteiger partial charge >= 0.3 is 0 Å². The number of hydrazine groups is 1. The van der Waals surface area contributed by atoms with Crippen LogP contribution in [0.4, 0.5) is 0 Å². The van der Waals surface area contributed by atoms with Crippen LogP contribution in [0, 0.1) is 6.92 Å². The number of nitrogens with two attached hydrogens (primary N) is 1. The van der Waals surface area contributed by atoms with Gasteiger partial charge in [-0.1, -0.05) is 53.2 Å². The van der Waals surface area contributed by atoms with Crippen LogP contribution in [0.2, 0.25) is 0 Å². The van der Waals surface area contributed by atoms with Crippen molar-refractivity contribution in [3.05, 3.63) is 69.2 Å². The molecule has 0 spiro atoms. The highest BCUT2D eigenvalue weighted by atomic mass is 79.9. The third-order valence-electron chi connectivity index (χ3n) is 3.68. The summed E-state index contributed by atoms with van der Waals surface area (Å²) >= 11 is 3.50. The second-order valence-electron chi connectivity index (χ2n) is 5.09. The summed E-state index contributed by atoms with van der Waals surface area (Å²) in [6.45, 7) is 4.29. The fraction of sp³-hybridized carbons (Fsp3) is 0.294. The Morgan fingerprint density at radius 1 is 1.10 bits per heavy atom. The van der Waals surface area contributed by atoms with Crippen molar-refractivity contribution in [3.8, 4) is 0 Å². The molecule has 0 aliphatic heterocycles. The summed E-state index contributed by atoms with van der Waals surface area (Å²) < 4.78 is 1.10. The predicted octanol–water partition coefficient (Wildman–Crippen LogP) is 4.07. The molecule has 1 unspecified atom stereocenters. The molecule has 20 heavy (non-hydrogen) atoms. The topological polar surface area (TPSA) is 38.0 Å². The molecule has 0 fully saturated rings. The van der Waals surface area contributed by atoms with Gasteiger partial charge in [0.25, 0.3) is 0 Å². The summed E-state index contributed by atoms with van der Waals surface area (Å²) in [5.74, 6) is 5.75. The minimum absolute atomic E-state index is 0.135. The number of hydrogen-bond donors (Lipinski definition) is 2. The Labute approximate surface area is 129 Å². The number of nitrogens with one attached hydrogen (secondary N) is 1. The highest BCUT2D eigenvalue weighted by molar-refractivity contribution is 9.10. The van der Waals surface area contributed by atoms with E-state index in [1.165, 1.54) is 22.3 Å². The zero-order chi connectivity index (χ0) is 14.5. The van der Waals surface area contributed by atoms with E-state index in [0.29, 0.717) is 0 Å². The van der Waals surface area contributed by atoms with E-state index in [2.05, 4.69) is 77.7 Å². The van der Waals surface area contributed by atoms with Gasteiger partial charge in [0.2, 0.25) is 0 Å². The molecule has 2 rings (SSSR count). The Morgan fingerprint density at radius 3 is 2.30 bits per heavy atom. The van der Waals surface area contributed by atoms with Gasteiger partial charge in [-0.2, -0.15) is 0 Å². The fourth-order valence-corrected chi connectivity index (χ4v) is 2.91. The van der Waals surface area contributed by atoms with Crippen LogP contribution in [0.3, 0.4) is 0 Å². The lowest BCUT2D eigenvalue weighted by atomic mass is 9.95. The second kappa shape index (κ2) is 7.02. The number of rotatable bonds is 5. The van der Waals surface area contributed by atoms with Crippen molar-refractivity contribution in [2.45, 2.75) is 32.7 Å². The molecule has 2 nitrogen and oxygen atoms in total. The van der Waals surface area contributed by atoms with Crippen molar-refractivity contribution in [3.63, 3.8) is 0 Å². The Morgan fingerprint density at radius 2 is 1.75 bits per heavy atom. The van der Waals surface area contributed by atoms with Crippen molar-refractivity contribution in [2.24, 2.45) is 5.84 Å². The summed E-state index contributed by atoms with van der Waals surface area (Å²) in [7, 11) is 0. The largest absolute Gasteiger partial charge is 0.271 e. The number of benzene rings is 2. The molecule has 0 heterocycles. The van der Waals surface area contributed by atoms with E-state index in [0.717, 1.165) is 17.3 Å². The molecule has 0 bridgehead atoms. The maximum Gasteiger partial charge on any atom is 0.0502 e. The van der Waals surface area contributed by atoms with E-state index in [1.54, 1.807) is 0 Å². The van der Waals surface area contributed by atoms with Crippen LogP contribution in [0.1, 0.15) is 35.2 Å². The van der Waals surface area contributed by atoms with Gasteiger partial charge in [0, 0.05) is 4.47 Å². The van der Waals surface area contributed by atoms with Gasteiger partial charge in [0.15, 0.2) is 0 Å². The number of hydrogen-bond acceptors (Lipinski definition) is 2. The van der Waals surface area contributed by atoms with Crippen LogP contribution < -0.4 is 11.3 Å². The van der Waals surface area contributed by atoms with Crippen LogP contribution in [-0.2, 0) is 12.8 Å². The number of halogens is 1. The monoisotopic (exact) mass is 332 g/mol. The van der Waals surface area contributed by atoms with Crippen LogP contribution in [-0.4, -0.2) is 0 Å². The third kappa shape index (κ3) is 3.69. The lowest BCUT2D eigenvalue weighted by Crippen LogP contribution is -2.30. The van der Waals surface area contributed by atoms with Crippen LogP contribution in [0.15, 0.2) is 46.9 Å². The molecule has 2 aromatic rings. The van der Waals surface area contributed by atoms with Gasteiger partial charge in [-0.25, -0.2) is 0 Å². The summed E-state index contributed by atoms with van der Waals surface area (Å²) in [4.78, 5) is 0. The predicted molar refractivity (Wildman–Crippen MR) is 88.5 cm³/mol. The van der Waals surface area contributed by atoms with E-state index in [4.69, 9.17) is 5.84 Å². The number of aryl methyl sites for hydroxylation is 2. The minimum atomic E-state index is 0.135. The maximum absolute atomic E-state index is 5.75. The average Bonchev–Trinajstić information content (AvgIpc) is 2.46. The van der Waals surface area contributed by atoms with Crippen molar-refractivity contribution in [1.29, 1.82) is 0 Å². The summed E-state index contributed by atoms with van der Waals surface area (Å²) in [5.41, 5.74) is 8.09. The zero-order valence-corrected chi connectivity index (χ0v) is 13.6. The fourth-order valence-electron chi connectivity index (χ4n) is 2.44. The Balaban J connectivity index is 2.19.